The molecule has 5 heteroatoms. The molecule has 0 aliphatic rings. The number of hydrogen-bond donors (Lipinski definition) is 1. The van der Waals surface area contributed by atoms with Crippen LogP contribution in [0.5, 0.6) is 0 Å². The zero-order valence-corrected chi connectivity index (χ0v) is 11.5. The summed E-state index contributed by atoms with van der Waals surface area (Å²) in [5, 5.41) is 8.83. The molecule has 0 aromatic heterocycles. The number of carbonyl (C=O) groups is 1. The van der Waals surface area contributed by atoms with Crippen LogP contribution in [0.1, 0.15) is 5.56 Å². The van der Waals surface area contributed by atoms with Crippen molar-refractivity contribution in [2.75, 3.05) is 11.9 Å². The molecule has 0 radical (unpaired) electrons. The smallest absolute Gasteiger partial charge is 0.411 e. The number of rotatable bonds is 1. The first-order chi connectivity index (χ1) is 6.43. The summed E-state index contributed by atoms with van der Waals surface area (Å²) >= 11 is 5.51. The highest BCUT2D eigenvalue weighted by atomic mass is 127. The Bertz CT molecular complexity index is 381. The molecule has 0 heterocycles. The van der Waals surface area contributed by atoms with Gasteiger partial charge in [0.15, 0.2) is 0 Å². The summed E-state index contributed by atoms with van der Waals surface area (Å²) in [6.07, 6.45) is -0.954. The summed E-state index contributed by atoms with van der Waals surface area (Å²) in [7, 11) is 1.53. The van der Waals surface area contributed by atoms with E-state index >= 15 is 0 Å². The summed E-state index contributed by atoms with van der Waals surface area (Å²) in [6.45, 7) is 1.93. The SMILES string of the molecule is Cc1cc(N(C)C(=O)O)c(I)cc1Br. The quantitative estimate of drug-likeness (QED) is 0.770. The van der Waals surface area contributed by atoms with Gasteiger partial charge in [-0.2, -0.15) is 0 Å². The fraction of sp³-hybridized carbons (Fsp3) is 0.222. The van der Waals surface area contributed by atoms with E-state index in [1.54, 1.807) is 0 Å². The van der Waals surface area contributed by atoms with E-state index in [0.717, 1.165) is 13.6 Å². The highest BCUT2D eigenvalue weighted by molar-refractivity contribution is 14.1. The van der Waals surface area contributed by atoms with Gasteiger partial charge in [0, 0.05) is 15.1 Å². The third-order valence-electron chi connectivity index (χ3n) is 1.88. The van der Waals surface area contributed by atoms with Crippen LogP contribution in [-0.2, 0) is 0 Å². The maximum absolute atomic E-state index is 10.8. The number of benzene rings is 1. The molecule has 0 aliphatic carbocycles. The first kappa shape index (κ1) is 11.8. The molecule has 0 bridgehead atoms. The zero-order valence-electron chi connectivity index (χ0n) is 7.71. The molecule has 0 unspecified atom stereocenters. The fourth-order valence-electron chi connectivity index (χ4n) is 1.00. The van der Waals surface area contributed by atoms with Gasteiger partial charge >= 0.3 is 6.09 Å². The van der Waals surface area contributed by atoms with Gasteiger partial charge in [0.25, 0.3) is 0 Å². The second kappa shape index (κ2) is 4.48. The van der Waals surface area contributed by atoms with Gasteiger partial charge in [-0.25, -0.2) is 4.79 Å². The Labute approximate surface area is 104 Å². The van der Waals surface area contributed by atoms with Crippen LogP contribution in [0.4, 0.5) is 10.5 Å². The molecule has 0 aliphatic heterocycles. The normalized spacial score (nSPS) is 10.0. The van der Waals surface area contributed by atoms with Crippen LogP contribution in [0.25, 0.3) is 0 Å². The van der Waals surface area contributed by atoms with Gasteiger partial charge in [0.05, 0.1) is 5.69 Å². The fourth-order valence-corrected chi connectivity index (χ4v) is 2.60. The van der Waals surface area contributed by atoms with Crippen LogP contribution in [-0.4, -0.2) is 18.2 Å². The van der Waals surface area contributed by atoms with E-state index in [0.29, 0.717) is 5.69 Å². The van der Waals surface area contributed by atoms with Gasteiger partial charge in [-0.1, -0.05) is 15.9 Å². The zero-order chi connectivity index (χ0) is 10.9. The van der Waals surface area contributed by atoms with Crippen LogP contribution >= 0.6 is 38.5 Å². The predicted octanol–water partition coefficient (Wildman–Crippen LogP) is 3.48. The molecule has 0 atom stereocenters. The molecular formula is C9H9BrINO2. The first-order valence-electron chi connectivity index (χ1n) is 3.85. The third kappa shape index (κ3) is 2.38. The van der Waals surface area contributed by atoms with Crippen LogP contribution in [0.3, 0.4) is 0 Å². The van der Waals surface area contributed by atoms with Crippen molar-refractivity contribution < 1.29 is 9.90 Å². The van der Waals surface area contributed by atoms with Crippen LogP contribution < -0.4 is 4.90 Å². The van der Waals surface area contributed by atoms with E-state index in [1.165, 1.54) is 11.9 Å². The monoisotopic (exact) mass is 369 g/mol. The topological polar surface area (TPSA) is 40.5 Å². The number of nitrogens with zero attached hydrogens (tertiary/aromatic N) is 1. The maximum atomic E-state index is 10.8. The Hall–Kier alpha value is -0.300. The van der Waals surface area contributed by atoms with Gasteiger partial charge in [0.1, 0.15) is 0 Å². The molecule has 1 N–H and O–H groups in total. The van der Waals surface area contributed by atoms with E-state index in [9.17, 15) is 4.79 Å². The summed E-state index contributed by atoms with van der Waals surface area (Å²) in [4.78, 5) is 12.0. The average molecular weight is 370 g/mol. The predicted molar refractivity (Wildman–Crippen MR) is 68.0 cm³/mol. The van der Waals surface area contributed by atoms with Gasteiger partial charge in [-0.3, -0.25) is 4.90 Å². The highest BCUT2D eigenvalue weighted by Crippen LogP contribution is 2.28. The molecule has 1 aromatic carbocycles. The molecule has 0 spiro atoms. The minimum absolute atomic E-state index is 0.707. The van der Waals surface area contributed by atoms with Gasteiger partial charge in [-0.05, 0) is 47.2 Å². The van der Waals surface area contributed by atoms with Crippen LogP contribution in [0, 0.1) is 10.5 Å². The van der Waals surface area contributed by atoms with Crippen LogP contribution in [0.15, 0.2) is 16.6 Å². The Morgan fingerprint density at radius 2 is 2.14 bits per heavy atom. The Kier molecular flexibility index (Phi) is 3.77. The number of amides is 1. The molecule has 1 rings (SSSR count). The summed E-state index contributed by atoms with van der Waals surface area (Å²) in [5.41, 5.74) is 1.73. The van der Waals surface area contributed by atoms with Crippen molar-refractivity contribution in [1.29, 1.82) is 0 Å². The lowest BCUT2D eigenvalue weighted by Crippen LogP contribution is -2.24. The van der Waals surface area contributed by atoms with Crippen molar-refractivity contribution in [2.45, 2.75) is 6.92 Å². The average Bonchev–Trinajstić information content (AvgIpc) is 2.10. The number of halogens is 2. The highest BCUT2D eigenvalue weighted by Gasteiger charge is 2.13. The van der Waals surface area contributed by atoms with E-state index in [1.807, 2.05) is 19.1 Å². The molecular weight excluding hydrogens is 361 g/mol. The van der Waals surface area contributed by atoms with Crippen molar-refractivity contribution in [3.05, 3.63) is 25.7 Å². The number of carboxylic acid groups (broad SMARTS) is 1. The van der Waals surface area contributed by atoms with E-state index < -0.39 is 6.09 Å². The van der Waals surface area contributed by atoms with Gasteiger partial charge in [-0.15, -0.1) is 0 Å². The van der Waals surface area contributed by atoms with Crippen molar-refractivity contribution in [1.82, 2.24) is 0 Å². The number of aryl methyl sites for hydroxylation is 1. The standard InChI is InChI=1S/C9H9BrINO2/c1-5-3-8(12(2)9(13)14)7(11)4-6(5)10/h3-4H,1-2H3,(H,13,14). The number of anilines is 1. The minimum Gasteiger partial charge on any atom is -0.465 e. The largest absolute Gasteiger partial charge is 0.465 e. The Morgan fingerprint density at radius 1 is 1.57 bits per heavy atom. The lowest BCUT2D eigenvalue weighted by atomic mass is 10.2. The lowest BCUT2D eigenvalue weighted by Gasteiger charge is -2.16. The number of hydrogen-bond acceptors (Lipinski definition) is 1. The van der Waals surface area contributed by atoms with Crippen molar-refractivity contribution in [3.8, 4) is 0 Å². The van der Waals surface area contributed by atoms with Gasteiger partial charge < -0.3 is 5.11 Å². The first-order valence-corrected chi connectivity index (χ1v) is 5.73. The van der Waals surface area contributed by atoms with E-state index in [2.05, 4.69) is 38.5 Å². The van der Waals surface area contributed by atoms with Crippen molar-refractivity contribution in [2.24, 2.45) is 0 Å². The second-order valence-corrected chi connectivity index (χ2v) is 4.91. The van der Waals surface area contributed by atoms with Crippen molar-refractivity contribution >= 4 is 50.3 Å². The molecule has 0 fully saturated rings. The molecule has 1 amide bonds. The molecule has 14 heavy (non-hydrogen) atoms. The Balaban J connectivity index is 3.22. The van der Waals surface area contributed by atoms with E-state index in [4.69, 9.17) is 5.11 Å². The minimum atomic E-state index is -0.954. The van der Waals surface area contributed by atoms with Crippen LogP contribution in [0.2, 0.25) is 0 Å². The molecule has 76 valence electrons. The molecule has 1 aromatic rings. The third-order valence-corrected chi connectivity index (χ3v) is 3.59. The second-order valence-electron chi connectivity index (χ2n) is 2.89. The molecule has 3 nitrogen and oxygen atoms in total. The molecule has 0 saturated heterocycles. The van der Waals surface area contributed by atoms with Gasteiger partial charge in [0.2, 0.25) is 0 Å². The van der Waals surface area contributed by atoms with Crippen molar-refractivity contribution in [3.63, 3.8) is 0 Å². The summed E-state index contributed by atoms with van der Waals surface area (Å²) < 4.78 is 1.90. The van der Waals surface area contributed by atoms with E-state index in [-0.39, 0.29) is 0 Å². The summed E-state index contributed by atoms with van der Waals surface area (Å²) in [6, 6.07) is 3.75. The lowest BCUT2D eigenvalue weighted by molar-refractivity contribution is 0.203. The maximum Gasteiger partial charge on any atom is 0.411 e. The molecule has 0 saturated carbocycles. The summed E-state index contributed by atoms with van der Waals surface area (Å²) in [5.74, 6) is 0. The Morgan fingerprint density at radius 3 is 2.64 bits per heavy atom.